The maximum atomic E-state index is 13.0. The Hall–Kier alpha value is -3.18. The minimum atomic E-state index is -1.79. The van der Waals surface area contributed by atoms with E-state index in [4.69, 9.17) is 4.74 Å². The Balaban J connectivity index is 1.91. The van der Waals surface area contributed by atoms with Crippen LogP contribution < -0.4 is 10.1 Å². The van der Waals surface area contributed by atoms with Crippen LogP contribution in [0.1, 0.15) is 16.7 Å². The van der Waals surface area contributed by atoms with Crippen LogP contribution in [0.25, 0.3) is 0 Å². The number of nitrogens with one attached hydrogen (secondary N) is 1. The second-order valence-corrected chi connectivity index (χ2v) is 5.80. The van der Waals surface area contributed by atoms with Crippen LogP contribution in [0.15, 0.2) is 79.0 Å². The van der Waals surface area contributed by atoms with E-state index in [-0.39, 0.29) is 6.54 Å². The number of hydrogen-bond acceptors (Lipinski definition) is 4. The molecule has 132 valence electrons. The zero-order valence-corrected chi connectivity index (χ0v) is 14.4. The summed E-state index contributed by atoms with van der Waals surface area (Å²) in [5, 5.41) is 14.2. The molecule has 0 bridgehead atoms. The van der Waals surface area contributed by atoms with E-state index < -0.39 is 11.5 Å². The van der Waals surface area contributed by atoms with Gasteiger partial charge in [0.2, 0.25) is 5.88 Å². The van der Waals surface area contributed by atoms with Gasteiger partial charge in [0.15, 0.2) is 5.60 Å². The molecule has 0 saturated carbocycles. The van der Waals surface area contributed by atoms with Crippen LogP contribution in [0.4, 0.5) is 0 Å². The molecule has 1 amide bonds. The van der Waals surface area contributed by atoms with Gasteiger partial charge in [0, 0.05) is 18.3 Å². The first-order chi connectivity index (χ1) is 12.7. The number of rotatable bonds is 6. The van der Waals surface area contributed by atoms with E-state index in [2.05, 4.69) is 10.3 Å². The molecule has 0 spiro atoms. The minimum absolute atomic E-state index is 0.192. The maximum absolute atomic E-state index is 13.0. The fraction of sp³-hybridized carbons (Fsp3) is 0.143. The zero-order chi connectivity index (χ0) is 18.4. The van der Waals surface area contributed by atoms with Crippen LogP contribution in [0.2, 0.25) is 0 Å². The topological polar surface area (TPSA) is 71.5 Å². The van der Waals surface area contributed by atoms with Gasteiger partial charge in [-0.3, -0.25) is 4.79 Å². The lowest BCUT2D eigenvalue weighted by Gasteiger charge is -2.28. The van der Waals surface area contributed by atoms with Crippen molar-refractivity contribution in [1.82, 2.24) is 10.3 Å². The molecular formula is C21H20N2O3. The molecule has 0 saturated heterocycles. The SMILES string of the molecule is COc1ncccc1CNC(=O)C(O)(c1ccccc1)c1ccccc1. The first-order valence-electron chi connectivity index (χ1n) is 8.26. The van der Waals surface area contributed by atoms with Gasteiger partial charge in [-0.2, -0.15) is 0 Å². The molecule has 0 fully saturated rings. The summed E-state index contributed by atoms with van der Waals surface area (Å²) in [4.78, 5) is 17.1. The number of nitrogens with zero attached hydrogens (tertiary/aromatic N) is 1. The lowest BCUT2D eigenvalue weighted by Crippen LogP contribution is -2.45. The molecule has 0 radical (unpaired) electrons. The lowest BCUT2D eigenvalue weighted by molar-refractivity contribution is -0.136. The van der Waals surface area contributed by atoms with Gasteiger partial charge in [0.25, 0.3) is 5.91 Å². The quantitative estimate of drug-likeness (QED) is 0.718. The van der Waals surface area contributed by atoms with Crippen LogP contribution in [-0.2, 0) is 16.9 Å². The van der Waals surface area contributed by atoms with Crippen molar-refractivity contribution in [3.8, 4) is 5.88 Å². The molecule has 2 N–H and O–H groups in total. The summed E-state index contributed by atoms with van der Waals surface area (Å²) in [6.07, 6.45) is 1.62. The van der Waals surface area contributed by atoms with Gasteiger partial charge in [0.05, 0.1) is 7.11 Å². The summed E-state index contributed by atoms with van der Waals surface area (Å²) < 4.78 is 5.21. The summed E-state index contributed by atoms with van der Waals surface area (Å²) in [7, 11) is 1.53. The molecule has 0 aliphatic heterocycles. The lowest BCUT2D eigenvalue weighted by atomic mass is 9.85. The largest absolute Gasteiger partial charge is 0.481 e. The van der Waals surface area contributed by atoms with Crippen molar-refractivity contribution >= 4 is 5.91 Å². The molecule has 0 aliphatic rings. The van der Waals surface area contributed by atoms with Gasteiger partial charge in [0.1, 0.15) is 0 Å². The van der Waals surface area contributed by atoms with E-state index in [1.165, 1.54) is 7.11 Å². The molecule has 0 unspecified atom stereocenters. The number of benzene rings is 2. The monoisotopic (exact) mass is 348 g/mol. The van der Waals surface area contributed by atoms with E-state index in [0.717, 1.165) is 5.56 Å². The third-order valence-corrected chi connectivity index (χ3v) is 4.19. The number of aromatic nitrogens is 1. The number of carbonyl (C=O) groups is 1. The van der Waals surface area contributed by atoms with E-state index >= 15 is 0 Å². The fourth-order valence-electron chi connectivity index (χ4n) is 2.83. The van der Waals surface area contributed by atoms with Gasteiger partial charge in [-0.05, 0) is 17.2 Å². The van der Waals surface area contributed by atoms with E-state index in [1.807, 2.05) is 18.2 Å². The van der Waals surface area contributed by atoms with Crippen LogP contribution in [-0.4, -0.2) is 23.1 Å². The molecular weight excluding hydrogens is 328 g/mol. The molecule has 1 heterocycles. The number of ether oxygens (including phenoxy) is 1. The molecule has 0 atom stereocenters. The number of aliphatic hydroxyl groups is 1. The summed E-state index contributed by atoms with van der Waals surface area (Å²) in [6, 6.07) is 21.4. The molecule has 5 nitrogen and oxygen atoms in total. The van der Waals surface area contributed by atoms with E-state index in [1.54, 1.807) is 60.8 Å². The van der Waals surface area contributed by atoms with Crippen molar-refractivity contribution in [2.24, 2.45) is 0 Å². The summed E-state index contributed by atoms with van der Waals surface area (Å²) in [5.74, 6) is -0.0726. The zero-order valence-electron chi connectivity index (χ0n) is 14.4. The Morgan fingerprint density at radius 1 is 1.00 bits per heavy atom. The van der Waals surface area contributed by atoms with Crippen molar-refractivity contribution in [3.05, 3.63) is 95.7 Å². The van der Waals surface area contributed by atoms with Gasteiger partial charge in [-0.25, -0.2) is 4.98 Å². The highest BCUT2D eigenvalue weighted by Gasteiger charge is 2.39. The third kappa shape index (κ3) is 3.43. The number of pyridine rings is 1. The van der Waals surface area contributed by atoms with E-state index in [0.29, 0.717) is 17.0 Å². The normalized spacial score (nSPS) is 11.0. The van der Waals surface area contributed by atoms with Gasteiger partial charge < -0.3 is 15.2 Å². The van der Waals surface area contributed by atoms with Crippen molar-refractivity contribution in [2.75, 3.05) is 7.11 Å². The van der Waals surface area contributed by atoms with Gasteiger partial charge >= 0.3 is 0 Å². The Labute approximate surface area is 152 Å². The predicted octanol–water partition coefficient (Wildman–Crippen LogP) is 2.64. The van der Waals surface area contributed by atoms with E-state index in [9.17, 15) is 9.90 Å². The Morgan fingerprint density at radius 3 is 2.12 bits per heavy atom. The molecule has 3 aromatic rings. The maximum Gasteiger partial charge on any atom is 0.261 e. The van der Waals surface area contributed by atoms with Gasteiger partial charge in [-0.1, -0.05) is 66.7 Å². The molecule has 3 rings (SSSR count). The number of methoxy groups -OCH3 is 1. The highest BCUT2D eigenvalue weighted by molar-refractivity contribution is 5.90. The molecule has 0 aliphatic carbocycles. The first kappa shape index (κ1) is 17.6. The highest BCUT2D eigenvalue weighted by Crippen LogP contribution is 2.30. The Bertz CT molecular complexity index is 827. The molecule has 2 aromatic carbocycles. The predicted molar refractivity (Wildman–Crippen MR) is 98.5 cm³/mol. The van der Waals surface area contributed by atoms with Crippen LogP contribution in [0.3, 0.4) is 0 Å². The molecule has 5 heteroatoms. The fourth-order valence-corrected chi connectivity index (χ4v) is 2.83. The number of amides is 1. The smallest absolute Gasteiger partial charge is 0.261 e. The molecule has 26 heavy (non-hydrogen) atoms. The highest BCUT2D eigenvalue weighted by atomic mass is 16.5. The average molecular weight is 348 g/mol. The summed E-state index contributed by atoms with van der Waals surface area (Å²) in [5.41, 5.74) is -0.0617. The van der Waals surface area contributed by atoms with Gasteiger partial charge in [-0.15, -0.1) is 0 Å². The second kappa shape index (κ2) is 7.80. The second-order valence-electron chi connectivity index (χ2n) is 5.80. The Morgan fingerprint density at radius 2 is 1.58 bits per heavy atom. The summed E-state index contributed by atoms with van der Waals surface area (Å²) in [6.45, 7) is 0.192. The van der Waals surface area contributed by atoms with Crippen LogP contribution >= 0.6 is 0 Å². The van der Waals surface area contributed by atoms with Crippen LogP contribution in [0, 0.1) is 0 Å². The van der Waals surface area contributed by atoms with Crippen LogP contribution in [0.5, 0.6) is 5.88 Å². The minimum Gasteiger partial charge on any atom is -0.481 e. The first-order valence-corrected chi connectivity index (χ1v) is 8.26. The number of carbonyl (C=O) groups excluding carboxylic acids is 1. The Kier molecular flexibility index (Phi) is 5.29. The van der Waals surface area contributed by atoms with Crippen molar-refractivity contribution in [2.45, 2.75) is 12.1 Å². The third-order valence-electron chi connectivity index (χ3n) is 4.19. The molecule has 1 aromatic heterocycles. The van der Waals surface area contributed by atoms with Crippen molar-refractivity contribution < 1.29 is 14.6 Å². The van der Waals surface area contributed by atoms with Crippen molar-refractivity contribution in [3.63, 3.8) is 0 Å². The standard InChI is InChI=1S/C21H20N2O3/c1-26-19-16(9-8-14-22-19)15-23-20(24)21(25,17-10-4-2-5-11-17)18-12-6-3-7-13-18/h2-14,25H,15H2,1H3,(H,23,24). The summed E-state index contributed by atoms with van der Waals surface area (Å²) >= 11 is 0. The average Bonchev–Trinajstić information content (AvgIpc) is 2.72. The number of hydrogen-bond donors (Lipinski definition) is 2. The van der Waals surface area contributed by atoms with Crippen molar-refractivity contribution in [1.29, 1.82) is 0 Å².